The van der Waals surface area contributed by atoms with Crippen molar-refractivity contribution in [3.63, 3.8) is 0 Å². The lowest BCUT2D eigenvalue weighted by molar-refractivity contribution is 0.0981. The Bertz CT molecular complexity index is 1570. The molecule has 6 rings (SSSR count). The molecule has 12 heteroatoms. The number of pyridine rings is 1. The van der Waals surface area contributed by atoms with Crippen molar-refractivity contribution in [1.29, 1.82) is 0 Å². The second-order valence-corrected chi connectivity index (χ2v) is 14.7. The quantitative estimate of drug-likeness (QED) is 0.349. The van der Waals surface area contributed by atoms with Gasteiger partial charge < -0.3 is 9.64 Å². The van der Waals surface area contributed by atoms with Gasteiger partial charge in [0, 0.05) is 37.6 Å². The van der Waals surface area contributed by atoms with Crippen LogP contribution in [0.1, 0.15) is 75.3 Å². The molecule has 1 aliphatic heterocycles. The summed E-state index contributed by atoms with van der Waals surface area (Å²) in [6.45, 7) is 9.31. The number of nitrogens with one attached hydrogen (secondary N) is 1. The number of carbonyl (C=O) groups is 1. The minimum Gasteiger partial charge on any atom is -0.477 e. The van der Waals surface area contributed by atoms with E-state index in [1.165, 1.54) is 36.6 Å². The molecule has 1 amide bonds. The molecule has 0 bridgehead atoms. The molecule has 1 N–H and O–H groups in total. The van der Waals surface area contributed by atoms with Gasteiger partial charge in [-0.2, -0.15) is 5.10 Å². The minimum atomic E-state index is -4.14. The highest BCUT2D eigenvalue weighted by Gasteiger charge is 2.41. The molecule has 0 aromatic carbocycles. The Kier molecular flexibility index (Phi) is 7.31. The monoisotopic (exact) mass is 595 g/mol. The van der Waals surface area contributed by atoms with E-state index in [4.69, 9.17) is 9.72 Å². The van der Waals surface area contributed by atoms with Crippen LogP contribution in [0.25, 0.3) is 5.82 Å². The Hall–Kier alpha value is -3.41. The molecular weight excluding hydrogens is 554 g/mol. The van der Waals surface area contributed by atoms with Crippen molar-refractivity contribution in [3.8, 4) is 11.7 Å². The smallest absolute Gasteiger partial charge is 0.268 e. The fraction of sp³-hybridized carbons (Fsp3) is 0.600. The number of anilines is 1. The van der Waals surface area contributed by atoms with Crippen LogP contribution in [0, 0.1) is 30.6 Å². The third kappa shape index (κ3) is 5.91. The molecule has 3 aromatic rings. The fourth-order valence-electron chi connectivity index (χ4n) is 6.70. The number of aryl methyl sites for hydroxylation is 2. The van der Waals surface area contributed by atoms with E-state index in [1.807, 2.05) is 6.07 Å². The van der Waals surface area contributed by atoms with Gasteiger partial charge in [0.1, 0.15) is 10.7 Å². The van der Waals surface area contributed by atoms with Crippen LogP contribution >= 0.6 is 0 Å². The van der Waals surface area contributed by atoms with Gasteiger partial charge in [-0.15, -0.1) is 5.10 Å². The van der Waals surface area contributed by atoms with Gasteiger partial charge in [-0.05, 0) is 95.1 Å². The van der Waals surface area contributed by atoms with Crippen molar-refractivity contribution in [1.82, 2.24) is 29.3 Å². The van der Waals surface area contributed by atoms with E-state index in [0.717, 1.165) is 30.6 Å². The lowest BCUT2D eigenvalue weighted by Gasteiger charge is -2.34. The van der Waals surface area contributed by atoms with Gasteiger partial charge in [-0.25, -0.2) is 22.8 Å². The van der Waals surface area contributed by atoms with Gasteiger partial charge in [0.05, 0.1) is 17.9 Å². The highest BCUT2D eigenvalue weighted by Crippen LogP contribution is 2.50. The van der Waals surface area contributed by atoms with Crippen LogP contribution in [-0.4, -0.2) is 57.6 Å². The molecule has 1 atom stereocenters. The number of nitrogens with zero attached hydrogens (tertiary/aromatic N) is 6. The van der Waals surface area contributed by atoms with Gasteiger partial charge in [0.25, 0.3) is 15.9 Å². The van der Waals surface area contributed by atoms with Crippen molar-refractivity contribution >= 4 is 21.7 Å². The number of ether oxygens (including phenoxy) is 1. The standard InChI is InChI=1S/C30H41N7O4S/c1-19-16-30(3,4)36(17-19)28-24(29(38)34-42(39,40)25-18-35(5)32-20(25)2)10-11-26(31-28)37-14-12-27(33-37)41-15-13-23(21-6-7-21)22-8-9-22/h10-12,14,18-19,21-23H,6-9,13,15-17H2,1-5H3,(H,34,38)/t19-/m0/s1. The van der Waals surface area contributed by atoms with Crippen molar-refractivity contribution in [3.05, 3.63) is 41.9 Å². The molecule has 11 nitrogen and oxygen atoms in total. The molecule has 3 aliphatic rings. The van der Waals surface area contributed by atoms with Crippen LogP contribution in [0.5, 0.6) is 5.88 Å². The number of amides is 1. The molecule has 1 saturated heterocycles. The van der Waals surface area contributed by atoms with Crippen LogP contribution in [0.4, 0.5) is 5.82 Å². The molecule has 2 aliphatic carbocycles. The summed E-state index contributed by atoms with van der Waals surface area (Å²) >= 11 is 0. The van der Waals surface area contributed by atoms with Crippen molar-refractivity contribution in [2.75, 3.05) is 18.1 Å². The summed E-state index contributed by atoms with van der Waals surface area (Å²) < 4.78 is 37.6. The third-order valence-electron chi connectivity index (χ3n) is 8.87. The normalized spacial score (nSPS) is 20.3. The molecule has 0 spiro atoms. The maximum Gasteiger partial charge on any atom is 0.268 e. The van der Waals surface area contributed by atoms with Crippen LogP contribution in [0.3, 0.4) is 0 Å². The number of aromatic nitrogens is 5. The van der Waals surface area contributed by atoms with E-state index in [0.29, 0.717) is 42.3 Å². The molecule has 0 unspecified atom stereocenters. The largest absolute Gasteiger partial charge is 0.477 e. The molecule has 2 saturated carbocycles. The Labute approximate surface area is 247 Å². The van der Waals surface area contributed by atoms with Crippen molar-refractivity contribution < 1.29 is 17.9 Å². The first-order chi connectivity index (χ1) is 19.9. The zero-order valence-electron chi connectivity index (χ0n) is 25.1. The second kappa shape index (κ2) is 10.7. The second-order valence-electron chi connectivity index (χ2n) is 13.0. The zero-order valence-corrected chi connectivity index (χ0v) is 25.9. The molecule has 3 aromatic heterocycles. The van der Waals surface area contributed by atoms with E-state index in [2.05, 4.69) is 40.6 Å². The highest BCUT2D eigenvalue weighted by atomic mass is 32.2. The Morgan fingerprint density at radius 1 is 1.14 bits per heavy atom. The third-order valence-corrected chi connectivity index (χ3v) is 10.3. The predicted octanol–water partition coefficient (Wildman–Crippen LogP) is 4.26. The van der Waals surface area contributed by atoms with E-state index < -0.39 is 15.9 Å². The molecule has 4 heterocycles. The maximum absolute atomic E-state index is 13.5. The van der Waals surface area contributed by atoms with Crippen LogP contribution in [0.2, 0.25) is 0 Å². The molecule has 0 radical (unpaired) electrons. The molecular formula is C30H41N7O4S. The number of hydrogen-bond donors (Lipinski definition) is 1. The topological polar surface area (TPSA) is 124 Å². The zero-order chi connectivity index (χ0) is 29.8. The fourth-order valence-corrected chi connectivity index (χ4v) is 7.88. The maximum atomic E-state index is 13.5. The van der Waals surface area contributed by atoms with Crippen LogP contribution < -0.4 is 14.4 Å². The van der Waals surface area contributed by atoms with Gasteiger partial charge in [-0.1, -0.05) is 6.92 Å². The van der Waals surface area contributed by atoms with Gasteiger partial charge in [0.15, 0.2) is 5.82 Å². The average molecular weight is 596 g/mol. The van der Waals surface area contributed by atoms with E-state index in [1.54, 1.807) is 37.0 Å². The number of rotatable bonds is 11. The lowest BCUT2D eigenvalue weighted by atomic mass is 9.95. The highest BCUT2D eigenvalue weighted by molar-refractivity contribution is 7.90. The summed E-state index contributed by atoms with van der Waals surface area (Å²) in [5.41, 5.74) is 0.214. The predicted molar refractivity (Wildman–Crippen MR) is 158 cm³/mol. The molecule has 3 fully saturated rings. The minimum absolute atomic E-state index is 0.0377. The van der Waals surface area contributed by atoms with E-state index in [-0.39, 0.29) is 16.0 Å². The lowest BCUT2D eigenvalue weighted by Crippen LogP contribution is -2.41. The molecule has 226 valence electrons. The first kappa shape index (κ1) is 28.7. The van der Waals surface area contributed by atoms with Gasteiger partial charge in [-0.3, -0.25) is 9.48 Å². The van der Waals surface area contributed by atoms with E-state index in [9.17, 15) is 13.2 Å². The summed E-state index contributed by atoms with van der Waals surface area (Å²) in [6, 6.07) is 5.13. The Morgan fingerprint density at radius 3 is 2.45 bits per heavy atom. The van der Waals surface area contributed by atoms with Crippen LogP contribution in [0.15, 0.2) is 35.5 Å². The summed E-state index contributed by atoms with van der Waals surface area (Å²) in [5, 5.41) is 8.72. The van der Waals surface area contributed by atoms with Crippen molar-refractivity contribution in [2.45, 2.75) is 76.7 Å². The summed E-state index contributed by atoms with van der Waals surface area (Å²) in [5.74, 6) is 3.68. The number of sulfonamides is 1. The van der Waals surface area contributed by atoms with Gasteiger partial charge in [0.2, 0.25) is 5.88 Å². The van der Waals surface area contributed by atoms with E-state index >= 15 is 0 Å². The molecule has 42 heavy (non-hydrogen) atoms. The summed E-state index contributed by atoms with van der Waals surface area (Å²) in [4.78, 5) is 20.5. The summed E-state index contributed by atoms with van der Waals surface area (Å²) in [7, 11) is -2.50. The Balaban J connectivity index is 1.24. The Morgan fingerprint density at radius 2 is 1.86 bits per heavy atom. The van der Waals surface area contributed by atoms with Crippen molar-refractivity contribution in [2.24, 2.45) is 30.7 Å². The van der Waals surface area contributed by atoms with Gasteiger partial charge >= 0.3 is 0 Å². The first-order valence-corrected chi connectivity index (χ1v) is 16.4. The first-order valence-electron chi connectivity index (χ1n) is 15.0. The average Bonchev–Trinajstić information content (AvgIpc) is 3.83. The van der Waals surface area contributed by atoms with Crippen LogP contribution in [-0.2, 0) is 17.1 Å². The number of hydrogen-bond acceptors (Lipinski definition) is 8. The SMILES string of the molecule is Cc1nn(C)cc1S(=O)(=O)NC(=O)c1ccc(-n2ccc(OCCC(C3CC3)C3CC3)n2)nc1N1C[C@@H](C)CC1(C)C. The summed E-state index contributed by atoms with van der Waals surface area (Å²) in [6.07, 6.45) is 10.6. The number of carbonyl (C=O) groups excluding carboxylic acids is 1.